The summed E-state index contributed by atoms with van der Waals surface area (Å²) in [5, 5.41) is 9.63. The Kier molecular flexibility index (Phi) is 5.11. The molecule has 2 unspecified atom stereocenters. The Morgan fingerprint density at radius 1 is 1.11 bits per heavy atom. The molecule has 2 aliphatic heterocycles. The predicted octanol–water partition coefficient (Wildman–Crippen LogP) is 1.62. The molecule has 1 aromatic heterocycles. The molecular weight excluding hydrogens is 356 g/mol. The number of aryl methyl sites for hydroxylation is 1. The van der Waals surface area contributed by atoms with Crippen molar-refractivity contribution in [2.45, 2.75) is 31.3 Å². The highest BCUT2D eigenvalue weighted by molar-refractivity contribution is 5.84. The smallest absolute Gasteiger partial charge is 0.309 e. The highest BCUT2D eigenvalue weighted by atomic mass is 16.4. The van der Waals surface area contributed by atoms with Crippen molar-refractivity contribution in [1.29, 1.82) is 0 Å². The molecule has 1 aromatic carbocycles. The molecule has 0 radical (unpaired) electrons. The van der Waals surface area contributed by atoms with Crippen molar-refractivity contribution in [3.05, 3.63) is 65.5 Å². The van der Waals surface area contributed by atoms with Crippen molar-refractivity contribution >= 4 is 11.9 Å². The number of hydrazine groups is 1. The Morgan fingerprint density at radius 3 is 2.57 bits per heavy atom. The van der Waals surface area contributed by atoms with Crippen molar-refractivity contribution in [2.24, 2.45) is 5.92 Å². The fraction of sp³-hybridized carbons (Fsp3) is 0.381. The summed E-state index contributed by atoms with van der Waals surface area (Å²) in [6.45, 7) is 2.63. The molecule has 3 heterocycles. The summed E-state index contributed by atoms with van der Waals surface area (Å²) >= 11 is 0. The number of rotatable bonds is 4. The van der Waals surface area contributed by atoms with Crippen LogP contribution in [0.2, 0.25) is 0 Å². The molecule has 0 saturated carbocycles. The maximum Gasteiger partial charge on any atom is 0.309 e. The van der Waals surface area contributed by atoms with Gasteiger partial charge in [-0.25, -0.2) is 10.9 Å². The number of carbonyl (C=O) groups is 2. The van der Waals surface area contributed by atoms with Crippen LogP contribution in [-0.2, 0) is 9.59 Å². The SMILES string of the molecule is Cc1ccc(C2CC(C(=O)N3C[C@H](C(=O)O)[C@@H](c4ccccn4)C3)NN2)cc1. The molecule has 0 spiro atoms. The Labute approximate surface area is 163 Å². The number of aliphatic carboxylic acids is 1. The number of hydrogen-bond acceptors (Lipinski definition) is 5. The third-order valence-electron chi connectivity index (χ3n) is 5.70. The van der Waals surface area contributed by atoms with Crippen LogP contribution in [0.5, 0.6) is 0 Å². The lowest BCUT2D eigenvalue weighted by atomic mass is 9.93. The Balaban J connectivity index is 1.45. The van der Waals surface area contributed by atoms with E-state index in [4.69, 9.17) is 0 Å². The minimum Gasteiger partial charge on any atom is -0.481 e. The first-order chi connectivity index (χ1) is 13.5. The van der Waals surface area contributed by atoms with Gasteiger partial charge in [0, 0.05) is 36.9 Å². The number of aromatic nitrogens is 1. The average molecular weight is 380 g/mol. The van der Waals surface area contributed by atoms with Crippen molar-refractivity contribution in [2.75, 3.05) is 13.1 Å². The first kappa shape index (κ1) is 18.6. The zero-order valence-corrected chi connectivity index (χ0v) is 15.7. The lowest BCUT2D eigenvalue weighted by Crippen LogP contribution is -2.45. The molecule has 0 aliphatic carbocycles. The van der Waals surface area contributed by atoms with Gasteiger partial charge in [-0.3, -0.25) is 14.6 Å². The van der Waals surface area contributed by atoms with Crippen LogP contribution < -0.4 is 10.9 Å². The van der Waals surface area contributed by atoms with Crippen LogP contribution in [-0.4, -0.2) is 46.0 Å². The van der Waals surface area contributed by atoms with E-state index in [0.717, 1.165) is 11.3 Å². The van der Waals surface area contributed by atoms with E-state index in [1.807, 2.05) is 19.1 Å². The van der Waals surface area contributed by atoms with Gasteiger partial charge in [0.2, 0.25) is 5.91 Å². The van der Waals surface area contributed by atoms with E-state index in [1.165, 1.54) is 5.56 Å². The molecule has 146 valence electrons. The second-order valence-electron chi connectivity index (χ2n) is 7.59. The van der Waals surface area contributed by atoms with Crippen LogP contribution in [0.4, 0.5) is 0 Å². The molecular formula is C21H24N4O3. The second kappa shape index (κ2) is 7.69. The number of hydrogen-bond donors (Lipinski definition) is 3. The number of benzene rings is 1. The number of carbonyl (C=O) groups excluding carboxylic acids is 1. The van der Waals surface area contributed by atoms with E-state index in [2.05, 4.69) is 40.1 Å². The third kappa shape index (κ3) is 3.63. The van der Waals surface area contributed by atoms with E-state index in [-0.39, 0.29) is 30.5 Å². The normalized spacial score (nSPS) is 27.1. The summed E-state index contributed by atoms with van der Waals surface area (Å²) in [5.41, 5.74) is 9.33. The number of carboxylic acid groups (broad SMARTS) is 1. The van der Waals surface area contributed by atoms with Crippen LogP contribution in [0.1, 0.15) is 35.2 Å². The van der Waals surface area contributed by atoms with Gasteiger partial charge in [0.05, 0.1) is 5.92 Å². The lowest BCUT2D eigenvalue weighted by molar-refractivity contribution is -0.142. The van der Waals surface area contributed by atoms with Crippen molar-refractivity contribution < 1.29 is 14.7 Å². The quantitative estimate of drug-likeness (QED) is 0.746. The molecule has 2 aromatic rings. The number of likely N-dealkylation sites (tertiary alicyclic amines) is 1. The molecule has 4 atom stereocenters. The molecule has 0 bridgehead atoms. The van der Waals surface area contributed by atoms with Gasteiger partial charge in [-0.05, 0) is 31.0 Å². The van der Waals surface area contributed by atoms with E-state index in [9.17, 15) is 14.7 Å². The first-order valence-electron chi connectivity index (χ1n) is 9.53. The molecule has 2 fully saturated rings. The highest BCUT2D eigenvalue weighted by Gasteiger charge is 2.43. The molecule has 7 heteroatoms. The van der Waals surface area contributed by atoms with Gasteiger partial charge in [-0.2, -0.15) is 0 Å². The third-order valence-corrected chi connectivity index (χ3v) is 5.70. The monoisotopic (exact) mass is 380 g/mol. The Morgan fingerprint density at radius 2 is 1.89 bits per heavy atom. The van der Waals surface area contributed by atoms with Gasteiger partial charge < -0.3 is 10.0 Å². The van der Waals surface area contributed by atoms with Gasteiger partial charge in [-0.1, -0.05) is 35.9 Å². The summed E-state index contributed by atoms with van der Waals surface area (Å²) in [5.74, 6) is -1.88. The highest BCUT2D eigenvalue weighted by Crippen LogP contribution is 2.33. The van der Waals surface area contributed by atoms with Crippen molar-refractivity contribution in [3.8, 4) is 0 Å². The van der Waals surface area contributed by atoms with E-state index in [1.54, 1.807) is 17.2 Å². The lowest BCUT2D eigenvalue weighted by Gasteiger charge is -2.20. The standard InChI is InChI=1S/C21H24N4O3/c1-13-5-7-14(8-6-13)18-10-19(24-23-18)20(26)25-11-15(16(12-25)21(27)28)17-4-2-3-9-22-17/h2-9,15-16,18-19,23-24H,10-12H2,1H3,(H,27,28)/t15-,16-,18?,19?/m0/s1. The Hall–Kier alpha value is -2.77. The summed E-state index contributed by atoms with van der Waals surface area (Å²) in [6.07, 6.45) is 2.29. The minimum absolute atomic E-state index is 0.0546. The van der Waals surface area contributed by atoms with Gasteiger partial charge in [0.1, 0.15) is 6.04 Å². The zero-order chi connectivity index (χ0) is 19.7. The number of carboxylic acids is 1. The summed E-state index contributed by atoms with van der Waals surface area (Å²) < 4.78 is 0. The van der Waals surface area contributed by atoms with Gasteiger partial charge in [-0.15, -0.1) is 0 Å². The summed E-state index contributed by atoms with van der Waals surface area (Å²) in [6, 6.07) is 13.4. The van der Waals surface area contributed by atoms with Gasteiger partial charge >= 0.3 is 5.97 Å². The number of pyridine rings is 1. The van der Waals surface area contributed by atoms with Crippen LogP contribution in [0.3, 0.4) is 0 Å². The van der Waals surface area contributed by atoms with Crippen LogP contribution in [0.25, 0.3) is 0 Å². The molecule has 7 nitrogen and oxygen atoms in total. The molecule has 4 rings (SSSR count). The molecule has 1 amide bonds. The average Bonchev–Trinajstić information content (AvgIpc) is 3.37. The molecule has 28 heavy (non-hydrogen) atoms. The summed E-state index contributed by atoms with van der Waals surface area (Å²) in [4.78, 5) is 30.8. The molecule has 2 aliphatic rings. The number of nitrogens with one attached hydrogen (secondary N) is 2. The Bertz CT molecular complexity index is 856. The molecule has 2 saturated heterocycles. The predicted molar refractivity (Wildman–Crippen MR) is 103 cm³/mol. The van der Waals surface area contributed by atoms with E-state index < -0.39 is 11.9 Å². The van der Waals surface area contributed by atoms with Crippen LogP contribution in [0.15, 0.2) is 48.7 Å². The van der Waals surface area contributed by atoms with E-state index >= 15 is 0 Å². The maximum atomic E-state index is 13.0. The van der Waals surface area contributed by atoms with Crippen molar-refractivity contribution in [3.63, 3.8) is 0 Å². The van der Waals surface area contributed by atoms with Crippen molar-refractivity contribution in [1.82, 2.24) is 20.7 Å². The van der Waals surface area contributed by atoms with E-state index in [0.29, 0.717) is 13.0 Å². The first-order valence-corrected chi connectivity index (χ1v) is 9.53. The van der Waals surface area contributed by atoms with Gasteiger partial charge in [0.15, 0.2) is 0 Å². The largest absolute Gasteiger partial charge is 0.481 e. The zero-order valence-electron chi connectivity index (χ0n) is 15.7. The van der Waals surface area contributed by atoms with Crippen LogP contribution in [0, 0.1) is 12.8 Å². The van der Waals surface area contributed by atoms with Crippen LogP contribution >= 0.6 is 0 Å². The fourth-order valence-electron chi connectivity index (χ4n) is 4.08. The summed E-state index contributed by atoms with van der Waals surface area (Å²) in [7, 11) is 0. The maximum absolute atomic E-state index is 13.0. The minimum atomic E-state index is -0.888. The second-order valence-corrected chi connectivity index (χ2v) is 7.59. The number of nitrogens with zero attached hydrogens (tertiary/aromatic N) is 2. The van der Waals surface area contributed by atoms with Gasteiger partial charge in [0.25, 0.3) is 0 Å². The number of amides is 1. The fourth-order valence-corrected chi connectivity index (χ4v) is 4.08. The topological polar surface area (TPSA) is 94.6 Å². The molecule has 3 N–H and O–H groups in total.